The third-order valence-electron chi connectivity index (χ3n) is 2.00. The van der Waals surface area contributed by atoms with E-state index >= 15 is 0 Å². The van der Waals surface area contributed by atoms with Gasteiger partial charge in [-0.05, 0) is 18.4 Å². The SMILES string of the molecule is CC[C](Cc1ccccc1)S(=O)(=O)O. The Morgan fingerprint density at radius 3 is 2.29 bits per heavy atom. The van der Waals surface area contributed by atoms with Crippen molar-refractivity contribution < 1.29 is 13.0 Å². The Morgan fingerprint density at radius 2 is 1.86 bits per heavy atom. The van der Waals surface area contributed by atoms with Crippen LogP contribution in [-0.4, -0.2) is 13.0 Å². The predicted molar refractivity (Wildman–Crippen MR) is 55.2 cm³/mol. The standard InChI is InChI=1S/C10H13O3S/c1-2-10(14(11,12)13)8-9-6-4-3-5-7-9/h3-7H,2,8H2,1H3,(H,11,12,13). The van der Waals surface area contributed by atoms with Crippen LogP contribution in [0.2, 0.25) is 0 Å². The lowest BCUT2D eigenvalue weighted by molar-refractivity contribution is 0.479. The smallest absolute Gasteiger partial charge is 0.272 e. The molecule has 0 atom stereocenters. The van der Waals surface area contributed by atoms with Crippen LogP contribution in [0.4, 0.5) is 0 Å². The minimum absolute atomic E-state index is 0.156. The predicted octanol–water partition coefficient (Wildman–Crippen LogP) is 2.06. The van der Waals surface area contributed by atoms with Crippen LogP contribution in [0.25, 0.3) is 0 Å². The number of rotatable bonds is 4. The highest BCUT2D eigenvalue weighted by Crippen LogP contribution is 2.19. The first-order valence-electron chi connectivity index (χ1n) is 4.40. The van der Waals surface area contributed by atoms with E-state index in [0.29, 0.717) is 6.42 Å². The molecular formula is C10H13O3S. The summed E-state index contributed by atoms with van der Waals surface area (Å²) in [6, 6.07) is 9.21. The molecule has 1 aromatic carbocycles. The molecule has 0 amide bonds. The molecule has 0 saturated carbocycles. The zero-order valence-corrected chi connectivity index (χ0v) is 8.79. The van der Waals surface area contributed by atoms with E-state index in [1.165, 1.54) is 0 Å². The van der Waals surface area contributed by atoms with Crippen molar-refractivity contribution in [3.05, 3.63) is 41.1 Å². The van der Waals surface area contributed by atoms with Crippen molar-refractivity contribution in [3.63, 3.8) is 0 Å². The molecule has 0 heterocycles. The molecule has 0 saturated heterocycles. The van der Waals surface area contributed by atoms with E-state index in [2.05, 4.69) is 0 Å². The van der Waals surface area contributed by atoms with Crippen LogP contribution in [0.5, 0.6) is 0 Å². The molecule has 14 heavy (non-hydrogen) atoms. The Balaban J connectivity index is 2.77. The van der Waals surface area contributed by atoms with Crippen LogP contribution in [0.3, 0.4) is 0 Å². The summed E-state index contributed by atoms with van der Waals surface area (Å²) in [4.78, 5) is 0. The molecule has 3 nitrogen and oxygen atoms in total. The molecule has 4 heteroatoms. The highest BCUT2D eigenvalue weighted by molar-refractivity contribution is 7.88. The van der Waals surface area contributed by atoms with Crippen molar-refractivity contribution in [1.29, 1.82) is 0 Å². The van der Waals surface area contributed by atoms with E-state index in [1.807, 2.05) is 30.3 Å². The van der Waals surface area contributed by atoms with Crippen molar-refractivity contribution in [2.45, 2.75) is 19.8 Å². The first kappa shape index (κ1) is 11.2. The average molecular weight is 213 g/mol. The second-order valence-corrected chi connectivity index (χ2v) is 4.56. The Morgan fingerprint density at radius 1 is 1.29 bits per heavy atom. The Labute approximate surface area is 84.5 Å². The maximum Gasteiger partial charge on any atom is 0.272 e. The molecule has 0 bridgehead atoms. The molecule has 0 aromatic heterocycles. The van der Waals surface area contributed by atoms with Gasteiger partial charge < -0.3 is 0 Å². The van der Waals surface area contributed by atoms with Crippen LogP contribution in [0, 0.1) is 5.25 Å². The van der Waals surface area contributed by atoms with Crippen LogP contribution >= 0.6 is 0 Å². The van der Waals surface area contributed by atoms with Crippen molar-refractivity contribution in [1.82, 2.24) is 0 Å². The maximum absolute atomic E-state index is 10.9. The van der Waals surface area contributed by atoms with Gasteiger partial charge in [0, 0.05) is 0 Å². The van der Waals surface area contributed by atoms with E-state index in [1.54, 1.807) is 6.92 Å². The number of benzene rings is 1. The minimum atomic E-state index is -4.00. The molecule has 0 aliphatic heterocycles. The quantitative estimate of drug-likeness (QED) is 0.779. The lowest BCUT2D eigenvalue weighted by Crippen LogP contribution is -2.13. The second kappa shape index (κ2) is 4.57. The van der Waals surface area contributed by atoms with Crippen LogP contribution < -0.4 is 0 Å². The highest BCUT2D eigenvalue weighted by atomic mass is 32.2. The van der Waals surface area contributed by atoms with E-state index < -0.39 is 10.1 Å². The summed E-state index contributed by atoms with van der Waals surface area (Å²) in [6.45, 7) is 1.71. The molecular weight excluding hydrogens is 200 g/mol. The van der Waals surface area contributed by atoms with Gasteiger partial charge in [-0.15, -0.1) is 0 Å². The first-order valence-corrected chi connectivity index (χ1v) is 5.84. The fraction of sp³-hybridized carbons (Fsp3) is 0.300. The van der Waals surface area contributed by atoms with E-state index in [0.717, 1.165) is 5.56 Å². The van der Waals surface area contributed by atoms with Gasteiger partial charge in [0.05, 0.1) is 0 Å². The third kappa shape index (κ3) is 3.12. The average Bonchev–Trinajstić information content (AvgIpc) is 2.14. The van der Waals surface area contributed by atoms with Gasteiger partial charge in [-0.1, -0.05) is 37.3 Å². The number of hydrogen-bond donors (Lipinski definition) is 1. The first-order chi connectivity index (χ1) is 6.54. The van der Waals surface area contributed by atoms with Gasteiger partial charge in [0.1, 0.15) is 5.25 Å². The molecule has 1 aromatic rings. The van der Waals surface area contributed by atoms with Crippen molar-refractivity contribution in [2.24, 2.45) is 0 Å². The third-order valence-corrected chi connectivity index (χ3v) is 3.17. The second-order valence-electron chi connectivity index (χ2n) is 3.03. The molecule has 0 aliphatic rings. The summed E-state index contributed by atoms with van der Waals surface area (Å²) in [7, 11) is -4.00. The van der Waals surface area contributed by atoms with Gasteiger partial charge in [-0.3, -0.25) is 4.55 Å². The normalized spacial score (nSPS) is 11.9. The largest absolute Gasteiger partial charge is 0.285 e. The summed E-state index contributed by atoms with van der Waals surface area (Å²) in [5.74, 6) is 0. The summed E-state index contributed by atoms with van der Waals surface area (Å²) in [5, 5.41) is 0.156. The molecule has 0 unspecified atom stereocenters. The molecule has 0 aliphatic carbocycles. The van der Waals surface area contributed by atoms with Crippen LogP contribution in [-0.2, 0) is 16.5 Å². The molecule has 0 spiro atoms. The summed E-state index contributed by atoms with van der Waals surface area (Å²) in [5.41, 5.74) is 0.891. The van der Waals surface area contributed by atoms with Crippen LogP contribution in [0.15, 0.2) is 30.3 Å². The Kier molecular flexibility index (Phi) is 3.66. The van der Waals surface area contributed by atoms with Gasteiger partial charge in [0.2, 0.25) is 0 Å². The van der Waals surface area contributed by atoms with Crippen LogP contribution in [0.1, 0.15) is 18.9 Å². The topological polar surface area (TPSA) is 54.4 Å². The monoisotopic (exact) mass is 213 g/mol. The summed E-state index contributed by atoms with van der Waals surface area (Å²) in [6.07, 6.45) is 0.629. The van der Waals surface area contributed by atoms with Crippen molar-refractivity contribution in [2.75, 3.05) is 0 Å². The summed E-state index contributed by atoms with van der Waals surface area (Å²) >= 11 is 0. The molecule has 1 radical (unpaired) electrons. The Bertz CT molecular complexity index is 370. The van der Waals surface area contributed by atoms with E-state index in [-0.39, 0.29) is 11.7 Å². The molecule has 77 valence electrons. The summed E-state index contributed by atoms with van der Waals surface area (Å²) < 4.78 is 30.6. The minimum Gasteiger partial charge on any atom is -0.285 e. The van der Waals surface area contributed by atoms with Crippen molar-refractivity contribution >= 4 is 10.1 Å². The highest BCUT2D eigenvalue weighted by Gasteiger charge is 2.21. The fourth-order valence-electron chi connectivity index (χ4n) is 1.22. The van der Waals surface area contributed by atoms with Gasteiger partial charge >= 0.3 is 0 Å². The Hall–Kier alpha value is -0.870. The zero-order valence-electron chi connectivity index (χ0n) is 7.97. The number of hydrogen-bond acceptors (Lipinski definition) is 2. The molecule has 1 N–H and O–H groups in total. The lowest BCUT2D eigenvalue weighted by Gasteiger charge is -2.09. The molecule has 0 fully saturated rings. The zero-order chi connectivity index (χ0) is 10.6. The van der Waals surface area contributed by atoms with E-state index in [4.69, 9.17) is 4.55 Å². The van der Waals surface area contributed by atoms with Gasteiger partial charge in [-0.2, -0.15) is 8.42 Å². The van der Waals surface area contributed by atoms with Gasteiger partial charge in [0.25, 0.3) is 10.1 Å². The van der Waals surface area contributed by atoms with Gasteiger partial charge in [0.15, 0.2) is 0 Å². The van der Waals surface area contributed by atoms with Gasteiger partial charge in [-0.25, -0.2) is 0 Å². The maximum atomic E-state index is 10.9. The fourth-order valence-corrected chi connectivity index (χ4v) is 1.94. The van der Waals surface area contributed by atoms with E-state index in [9.17, 15) is 8.42 Å². The lowest BCUT2D eigenvalue weighted by atomic mass is 10.1. The van der Waals surface area contributed by atoms with Crippen molar-refractivity contribution in [3.8, 4) is 0 Å². The molecule has 1 rings (SSSR count).